The molecule has 0 bridgehead atoms. The van der Waals surface area contributed by atoms with E-state index >= 15 is 0 Å². The second-order valence-electron chi connectivity index (χ2n) is 6.37. The highest BCUT2D eigenvalue weighted by Gasteiger charge is 2.44. The summed E-state index contributed by atoms with van der Waals surface area (Å²) in [5.74, 6) is -2.09. The standard InChI is InChI=1S/C17H18Br2O4/c1-5-6-10-11-7-9(18)8-12(19)14(11)22-15(20)13(10)16(21)23-17(2,3)4/h5,7-8,10,13H,1,6H2,2-4H3/t10-,13+/m1/s1. The van der Waals surface area contributed by atoms with Crippen LogP contribution in [0.15, 0.2) is 33.7 Å². The lowest BCUT2D eigenvalue weighted by molar-refractivity contribution is -0.168. The van der Waals surface area contributed by atoms with E-state index < -0.39 is 23.5 Å². The van der Waals surface area contributed by atoms with Gasteiger partial charge in [0, 0.05) is 16.0 Å². The summed E-state index contributed by atoms with van der Waals surface area (Å²) in [4.78, 5) is 24.9. The fourth-order valence-electron chi connectivity index (χ4n) is 2.54. The summed E-state index contributed by atoms with van der Waals surface area (Å²) in [5.41, 5.74) is 0.107. The zero-order chi connectivity index (χ0) is 17.4. The van der Waals surface area contributed by atoms with Crippen molar-refractivity contribution in [3.63, 3.8) is 0 Å². The Balaban J connectivity index is 2.49. The van der Waals surface area contributed by atoms with Crippen LogP contribution in [0.25, 0.3) is 0 Å². The molecule has 1 aliphatic rings. The molecule has 0 unspecified atom stereocenters. The molecule has 0 aliphatic carbocycles. The van der Waals surface area contributed by atoms with Crippen molar-refractivity contribution in [3.05, 3.63) is 39.3 Å². The smallest absolute Gasteiger partial charge is 0.326 e. The highest BCUT2D eigenvalue weighted by atomic mass is 79.9. The number of benzene rings is 1. The van der Waals surface area contributed by atoms with Gasteiger partial charge in [-0.25, -0.2) is 0 Å². The van der Waals surface area contributed by atoms with E-state index in [0.29, 0.717) is 16.6 Å². The van der Waals surface area contributed by atoms with Crippen molar-refractivity contribution in [1.82, 2.24) is 0 Å². The molecule has 124 valence electrons. The Morgan fingerprint density at radius 3 is 2.61 bits per heavy atom. The molecule has 1 heterocycles. The summed E-state index contributed by atoms with van der Waals surface area (Å²) >= 11 is 6.82. The molecule has 6 heteroatoms. The normalized spacial score (nSPS) is 20.5. The highest BCUT2D eigenvalue weighted by Crippen LogP contribution is 2.45. The quantitative estimate of drug-likeness (QED) is 0.291. The minimum Gasteiger partial charge on any atom is -0.459 e. The van der Waals surface area contributed by atoms with E-state index in [0.717, 1.165) is 10.0 Å². The van der Waals surface area contributed by atoms with Crippen LogP contribution in [-0.4, -0.2) is 17.5 Å². The fourth-order valence-corrected chi connectivity index (χ4v) is 3.88. The second kappa shape index (κ2) is 6.77. The lowest BCUT2D eigenvalue weighted by Gasteiger charge is -2.32. The molecule has 0 radical (unpaired) electrons. The molecule has 0 fully saturated rings. The van der Waals surface area contributed by atoms with Crippen LogP contribution in [0.5, 0.6) is 5.75 Å². The Kier molecular flexibility index (Phi) is 5.36. The molecule has 4 nitrogen and oxygen atoms in total. The molecule has 0 N–H and O–H groups in total. The maximum atomic E-state index is 12.5. The predicted octanol–water partition coefficient (Wildman–Crippen LogP) is 4.75. The molecule has 1 aromatic carbocycles. The zero-order valence-corrected chi connectivity index (χ0v) is 16.4. The van der Waals surface area contributed by atoms with Crippen molar-refractivity contribution in [1.29, 1.82) is 0 Å². The molecule has 0 saturated carbocycles. The average molecular weight is 446 g/mol. The third kappa shape index (κ3) is 4.04. The van der Waals surface area contributed by atoms with E-state index in [9.17, 15) is 9.59 Å². The van der Waals surface area contributed by atoms with Gasteiger partial charge in [-0.3, -0.25) is 9.59 Å². The van der Waals surface area contributed by atoms with E-state index in [2.05, 4.69) is 38.4 Å². The van der Waals surface area contributed by atoms with Crippen LogP contribution in [0.4, 0.5) is 0 Å². The minimum atomic E-state index is -0.999. The first-order valence-corrected chi connectivity index (χ1v) is 8.77. The van der Waals surface area contributed by atoms with Crippen molar-refractivity contribution in [3.8, 4) is 5.75 Å². The van der Waals surface area contributed by atoms with Gasteiger partial charge in [-0.15, -0.1) is 6.58 Å². The van der Waals surface area contributed by atoms with Crippen LogP contribution < -0.4 is 4.74 Å². The maximum Gasteiger partial charge on any atom is 0.326 e. The summed E-state index contributed by atoms with van der Waals surface area (Å²) in [6, 6.07) is 3.66. The van der Waals surface area contributed by atoms with Crippen LogP contribution in [0.1, 0.15) is 38.7 Å². The Morgan fingerprint density at radius 1 is 1.39 bits per heavy atom. The molecular weight excluding hydrogens is 428 g/mol. The molecule has 0 aromatic heterocycles. The monoisotopic (exact) mass is 444 g/mol. The van der Waals surface area contributed by atoms with Gasteiger partial charge in [-0.05, 0) is 55.3 Å². The Labute approximate surface area is 152 Å². The van der Waals surface area contributed by atoms with Gasteiger partial charge in [0.05, 0.1) is 4.47 Å². The largest absolute Gasteiger partial charge is 0.459 e. The molecule has 1 aliphatic heterocycles. The van der Waals surface area contributed by atoms with Crippen LogP contribution >= 0.6 is 31.9 Å². The van der Waals surface area contributed by atoms with Gasteiger partial charge in [-0.1, -0.05) is 22.0 Å². The summed E-state index contributed by atoms with van der Waals surface area (Å²) in [6.45, 7) is 9.04. The Morgan fingerprint density at radius 2 is 2.04 bits per heavy atom. The van der Waals surface area contributed by atoms with Crippen molar-refractivity contribution < 1.29 is 19.1 Å². The van der Waals surface area contributed by atoms with E-state index in [-0.39, 0.29) is 5.92 Å². The third-order valence-corrected chi connectivity index (χ3v) is 4.42. The van der Waals surface area contributed by atoms with E-state index in [1.807, 2.05) is 6.07 Å². The Hall–Kier alpha value is -1.14. The number of carbonyl (C=O) groups is 2. The Bertz CT molecular complexity index is 661. The highest BCUT2D eigenvalue weighted by molar-refractivity contribution is 9.11. The van der Waals surface area contributed by atoms with Crippen molar-refractivity contribution in [2.24, 2.45) is 5.92 Å². The first kappa shape index (κ1) is 18.2. The number of allylic oxidation sites excluding steroid dienone is 1. The number of esters is 2. The SMILES string of the molecule is C=CC[C@@H]1c2cc(Br)cc(Br)c2OC(=O)[C@H]1C(=O)OC(C)(C)C. The van der Waals surface area contributed by atoms with Crippen LogP contribution in [-0.2, 0) is 14.3 Å². The van der Waals surface area contributed by atoms with Crippen LogP contribution in [0.2, 0.25) is 0 Å². The molecule has 2 rings (SSSR count). The molecule has 2 atom stereocenters. The lowest BCUT2D eigenvalue weighted by Crippen LogP contribution is -2.41. The van der Waals surface area contributed by atoms with E-state index in [4.69, 9.17) is 9.47 Å². The number of halogens is 2. The molecule has 23 heavy (non-hydrogen) atoms. The minimum absolute atomic E-state index is 0.368. The van der Waals surface area contributed by atoms with Crippen molar-refractivity contribution in [2.75, 3.05) is 0 Å². The van der Waals surface area contributed by atoms with Gasteiger partial charge in [0.15, 0.2) is 5.92 Å². The number of rotatable bonds is 3. The van der Waals surface area contributed by atoms with Crippen LogP contribution in [0, 0.1) is 5.92 Å². The van der Waals surface area contributed by atoms with Gasteiger partial charge in [0.1, 0.15) is 11.4 Å². The van der Waals surface area contributed by atoms with Crippen molar-refractivity contribution >= 4 is 43.8 Å². The number of carbonyl (C=O) groups excluding carboxylic acids is 2. The lowest BCUT2D eigenvalue weighted by atomic mass is 9.81. The average Bonchev–Trinajstić information content (AvgIpc) is 2.38. The molecule has 0 spiro atoms. The van der Waals surface area contributed by atoms with Gasteiger partial charge in [-0.2, -0.15) is 0 Å². The molecule has 0 amide bonds. The summed E-state index contributed by atoms with van der Waals surface area (Å²) in [5, 5.41) is 0. The van der Waals surface area contributed by atoms with Crippen molar-refractivity contribution in [2.45, 2.75) is 38.7 Å². The second-order valence-corrected chi connectivity index (χ2v) is 8.14. The van der Waals surface area contributed by atoms with Gasteiger partial charge in [0.2, 0.25) is 0 Å². The summed E-state index contributed by atoms with van der Waals surface area (Å²) in [7, 11) is 0. The van der Waals surface area contributed by atoms with Gasteiger partial charge >= 0.3 is 11.9 Å². The zero-order valence-electron chi connectivity index (χ0n) is 13.2. The number of hydrogen-bond donors (Lipinski definition) is 0. The summed E-state index contributed by atoms with van der Waals surface area (Å²) < 4.78 is 12.3. The summed E-state index contributed by atoms with van der Waals surface area (Å²) in [6.07, 6.45) is 2.16. The molecule has 0 saturated heterocycles. The first-order chi connectivity index (χ1) is 10.6. The van der Waals surface area contributed by atoms with E-state index in [1.54, 1.807) is 32.9 Å². The maximum absolute atomic E-state index is 12.5. The van der Waals surface area contributed by atoms with Crippen LogP contribution in [0.3, 0.4) is 0 Å². The number of hydrogen-bond acceptors (Lipinski definition) is 4. The van der Waals surface area contributed by atoms with E-state index in [1.165, 1.54) is 0 Å². The topological polar surface area (TPSA) is 52.6 Å². The molecular formula is C17H18Br2O4. The number of fused-ring (bicyclic) bond motifs is 1. The molecule has 1 aromatic rings. The van der Waals surface area contributed by atoms with Gasteiger partial charge in [0.25, 0.3) is 0 Å². The predicted molar refractivity (Wildman–Crippen MR) is 94.4 cm³/mol. The fraction of sp³-hybridized carbons (Fsp3) is 0.412. The first-order valence-electron chi connectivity index (χ1n) is 7.18. The number of ether oxygens (including phenoxy) is 2. The van der Waals surface area contributed by atoms with Gasteiger partial charge < -0.3 is 9.47 Å². The third-order valence-electron chi connectivity index (χ3n) is 3.38.